The van der Waals surface area contributed by atoms with Gasteiger partial charge in [-0.3, -0.25) is 0 Å². The lowest BCUT2D eigenvalue weighted by Crippen LogP contribution is -2.40. The largest absolute Gasteiger partial charge is 0.494 e. The topological polar surface area (TPSA) is 130 Å². The Morgan fingerprint density at radius 2 is 1.83 bits per heavy atom. The fraction of sp³-hybridized carbons (Fsp3) is 0.296. The number of aromatic nitrogens is 3. The van der Waals surface area contributed by atoms with E-state index in [1.807, 2.05) is 6.20 Å². The van der Waals surface area contributed by atoms with E-state index < -0.39 is 0 Å². The molecule has 0 bridgehead atoms. The summed E-state index contributed by atoms with van der Waals surface area (Å²) in [7, 11) is 1.57. The van der Waals surface area contributed by atoms with Crippen LogP contribution >= 0.6 is 0 Å². The van der Waals surface area contributed by atoms with E-state index in [1.54, 1.807) is 19.2 Å². The number of hydrogen-bond acceptors (Lipinski definition) is 7. The number of H-pyrrole nitrogens is 1. The number of hydrogen-bond donors (Lipinski definition) is 3. The molecule has 8 nitrogen and oxygen atoms in total. The van der Waals surface area contributed by atoms with Crippen molar-refractivity contribution in [1.82, 2.24) is 15.0 Å². The Morgan fingerprint density at radius 3 is 2.49 bits per heavy atom. The number of imidazole rings is 1. The maximum atomic E-state index is 9.44. The summed E-state index contributed by atoms with van der Waals surface area (Å²) in [5.74, 6) is 1.51. The van der Waals surface area contributed by atoms with E-state index in [0.29, 0.717) is 34.0 Å². The molecule has 0 saturated carbocycles. The van der Waals surface area contributed by atoms with Crippen LogP contribution in [0.5, 0.6) is 5.75 Å². The fourth-order valence-electron chi connectivity index (χ4n) is 4.97. The third-order valence-electron chi connectivity index (χ3n) is 6.61. The molecule has 2 aromatic heterocycles. The summed E-state index contributed by atoms with van der Waals surface area (Å²) < 4.78 is 5.52. The normalized spacial score (nSPS) is 14.3. The number of fused-ring (bicyclic) bond motifs is 1. The van der Waals surface area contributed by atoms with Gasteiger partial charge in [-0.15, -0.1) is 0 Å². The van der Waals surface area contributed by atoms with Crippen molar-refractivity contribution in [2.75, 3.05) is 30.8 Å². The molecule has 3 heterocycles. The second-order valence-electron chi connectivity index (χ2n) is 9.25. The highest BCUT2D eigenvalue weighted by Gasteiger charge is 2.27. The minimum Gasteiger partial charge on any atom is -0.494 e. The van der Waals surface area contributed by atoms with Crippen LogP contribution in [0.25, 0.3) is 33.5 Å². The van der Waals surface area contributed by atoms with E-state index in [4.69, 9.17) is 21.2 Å². The molecular formula is C27H29N7O. The molecule has 1 aliphatic heterocycles. The SMILES string of the molecule is COc1cc(C#N)cc2[nH]c(-c3c(N)ncc(-c4cc(C)cc(C)c4)c3N3CCC(N)CC3)nc12. The third kappa shape index (κ3) is 4.15. The number of pyridine rings is 1. The van der Waals surface area contributed by atoms with E-state index in [2.05, 4.69) is 53.0 Å². The van der Waals surface area contributed by atoms with E-state index >= 15 is 0 Å². The van der Waals surface area contributed by atoms with Gasteiger partial charge in [0.15, 0.2) is 0 Å². The smallest absolute Gasteiger partial charge is 0.148 e. The second-order valence-corrected chi connectivity index (χ2v) is 9.25. The molecule has 0 aliphatic carbocycles. The molecule has 5 N–H and O–H groups in total. The first-order chi connectivity index (χ1) is 16.9. The molecule has 1 fully saturated rings. The molecule has 178 valence electrons. The van der Waals surface area contributed by atoms with Crippen LogP contribution in [-0.2, 0) is 0 Å². The first-order valence-electron chi connectivity index (χ1n) is 11.7. The molecule has 8 heteroatoms. The number of nitrogens with two attached hydrogens (primary N) is 2. The van der Waals surface area contributed by atoms with Crippen LogP contribution in [0.3, 0.4) is 0 Å². The molecule has 0 amide bonds. The van der Waals surface area contributed by atoms with Gasteiger partial charge in [-0.2, -0.15) is 5.26 Å². The van der Waals surface area contributed by atoms with Gasteiger partial charge in [0.2, 0.25) is 0 Å². The minimum absolute atomic E-state index is 0.193. The van der Waals surface area contributed by atoms with E-state index in [-0.39, 0.29) is 6.04 Å². The van der Waals surface area contributed by atoms with Gasteiger partial charge < -0.3 is 26.1 Å². The van der Waals surface area contributed by atoms with Crippen LogP contribution in [0.15, 0.2) is 36.5 Å². The number of nitriles is 1. The summed E-state index contributed by atoms with van der Waals surface area (Å²) in [5, 5.41) is 9.44. The summed E-state index contributed by atoms with van der Waals surface area (Å²) in [6.07, 6.45) is 3.65. The Bertz CT molecular complexity index is 1440. The first kappa shape index (κ1) is 22.7. The molecule has 1 saturated heterocycles. The summed E-state index contributed by atoms with van der Waals surface area (Å²) >= 11 is 0. The number of aromatic amines is 1. The zero-order valence-corrected chi connectivity index (χ0v) is 20.2. The van der Waals surface area contributed by atoms with Crippen LogP contribution in [0.4, 0.5) is 11.5 Å². The molecule has 0 atom stereocenters. The Hall–Kier alpha value is -4.09. The van der Waals surface area contributed by atoms with E-state index in [1.165, 1.54) is 11.1 Å². The number of benzene rings is 2. The number of rotatable bonds is 4. The van der Waals surface area contributed by atoms with E-state index in [0.717, 1.165) is 48.3 Å². The number of ether oxygens (including phenoxy) is 1. The minimum atomic E-state index is 0.193. The van der Waals surface area contributed by atoms with Gasteiger partial charge in [-0.05, 0) is 38.3 Å². The lowest BCUT2D eigenvalue weighted by molar-refractivity contribution is 0.419. The number of nitrogens with zero attached hydrogens (tertiary/aromatic N) is 4. The van der Waals surface area contributed by atoms with Crippen LogP contribution in [0.1, 0.15) is 29.5 Å². The number of aryl methyl sites for hydroxylation is 2. The maximum Gasteiger partial charge on any atom is 0.148 e. The number of nitrogens with one attached hydrogen (secondary N) is 1. The van der Waals surface area contributed by atoms with Crippen LogP contribution < -0.4 is 21.1 Å². The predicted molar refractivity (Wildman–Crippen MR) is 139 cm³/mol. The Labute approximate surface area is 204 Å². The summed E-state index contributed by atoms with van der Waals surface area (Å²) in [6, 6.07) is 12.3. The highest BCUT2D eigenvalue weighted by molar-refractivity contribution is 5.96. The van der Waals surface area contributed by atoms with Crippen molar-refractivity contribution in [3.63, 3.8) is 0 Å². The van der Waals surface area contributed by atoms with Crippen molar-refractivity contribution in [3.05, 3.63) is 53.2 Å². The third-order valence-corrected chi connectivity index (χ3v) is 6.61. The lowest BCUT2D eigenvalue weighted by atomic mass is 9.96. The fourth-order valence-corrected chi connectivity index (χ4v) is 4.97. The van der Waals surface area contributed by atoms with Crippen molar-refractivity contribution in [1.29, 1.82) is 5.26 Å². The average Bonchev–Trinajstić information content (AvgIpc) is 3.26. The van der Waals surface area contributed by atoms with E-state index in [9.17, 15) is 5.26 Å². The Balaban J connectivity index is 1.78. The van der Waals surface area contributed by atoms with Crippen molar-refractivity contribution >= 4 is 22.5 Å². The summed E-state index contributed by atoms with van der Waals surface area (Å²) in [4.78, 5) is 15.2. The molecule has 35 heavy (non-hydrogen) atoms. The molecule has 5 rings (SSSR count). The molecule has 0 unspecified atom stereocenters. The van der Waals surface area contributed by atoms with Crippen molar-refractivity contribution in [2.45, 2.75) is 32.7 Å². The van der Waals surface area contributed by atoms with Gasteiger partial charge in [-0.1, -0.05) is 29.3 Å². The van der Waals surface area contributed by atoms with Crippen molar-refractivity contribution in [3.8, 4) is 34.3 Å². The number of methoxy groups -OCH3 is 1. The van der Waals surface area contributed by atoms with Crippen molar-refractivity contribution < 1.29 is 4.74 Å². The summed E-state index contributed by atoms with van der Waals surface area (Å²) in [5.41, 5.74) is 20.8. The molecule has 4 aromatic rings. The Morgan fingerprint density at radius 1 is 1.11 bits per heavy atom. The zero-order chi connectivity index (χ0) is 24.7. The van der Waals surface area contributed by atoms with Crippen LogP contribution in [0.2, 0.25) is 0 Å². The predicted octanol–water partition coefficient (Wildman–Crippen LogP) is 4.30. The quantitative estimate of drug-likeness (QED) is 0.408. The van der Waals surface area contributed by atoms with Gasteiger partial charge in [0.25, 0.3) is 0 Å². The zero-order valence-electron chi connectivity index (χ0n) is 20.2. The van der Waals surface area contributed by atoms with Crippen LogP contribution in [0, 0.1) is 25.2 Å². The standard InChI is InChI=1S/C27H29N7O/c1-15-8-16(2)10-18(9-15)20-14-31-26(30)23(25(20)34-6-4-19(29)5-7-34)27-32-21-11-17(13-28)12-22(35-3)24(21)33-27/h8-12,14,19H,4-7,29H2,1-3H3,(H2,30,31)(H,32,33). The molecule has 1 aliphatic rings. The Kier molecular flexibility index (Phi) is 5.79. The molecule has 0 radical (unpaired) electrons. The first-order valence-corrected chi connectivity index (χ1v) is 11.7. The number of piperidine rings is 1. The monoisotopic (exact) mass is 467 g/mol. The number of nitrogen functional groups attached to an aromatic ring is 1. The van der Waals surface area contributed by atoms with Crippen molar-refractivity contribution in [2.24, 2.45) is 5.73 Å². The average molecular weight is 468 g/mol. The molecule has 2 aromatic carbocycles. The molecular weight excluding hydrogens is 438 g/mol. The highest BCUT2D eigenvalue weighted by Crippen LogP contribution is 2.43. The van der Waals surface area contributed by atoms with Gasteiger partial charge in [0, 0.05) is 37.0 Å². The molecule has 0 spiro atoms. The number of anilines is 2. The lowest BCUT2D eigenvalue weighted by Gasteiger charge is -2.35. The van der Waals surface area contributed by atoms with Gasteiger partial charge in [0.05, 0.1) is 35.5 Å². The maximum absolute atomic E-state index is 9.44. The summed E-state index contributed by atoms with van der Waals surface area (Å²) in [6.45, 7) is 5.83. The second kappa shape index (κ2) is 8.93. The van der Waals surface area contributed by atoms with Gasteiger partial charge >= 0.3 is 0 Å². The van der Waals surface area contributed by atoms with Gasteiger partial charge in [0.1, 0.15) is 22.9 Å². The van der Waals surface area contributed by atoms with Gasteiger partial charge in [-0.25, -0.2) is 9.97 Å². The highest BCUT2D eigenvalue weighted by atomic mass is 16.5. The van der Waals surface area contributed by atoms with Crippen LogP contribution in [-0.4, -0.2) is 41.2 Å².